The lowest BCUT2D eigenvalue weighted by Crippen LogP contribution is -2.62. The lowest BCUT2D eigenvalue weighted by Gasteiger charge is -2.28. The van der Waals surface area contributed by atoms with Gasteiger partial charge in [0.15, 0.2) is 0 Å². The van der Waals surface area contributed by atoms with Crippen molar-refractivity contribution in [3.63, 3.8) is 0 Å². The standard InChI is InChI=1S/C11H11F5N2O3/c1-10(9(20)21,11(14,15)16)17-8(19)6-3-2-4-18(6)5-7(12)13/h2-4,7H,5H2,1H3,(H,17,19)(H,20,21). The Labute approximate surface area is 115 Å². The smallest absolute Gasteiger partial charge is 0.422 e. The molecule has 10 heteroatoms. The maximum absolute atomic E-state index is 12.7. The topological polar surface area (TPSA) is 71.3 Å². The Morgan fingerprint density at radius 1 is 1.38 bits per heavy atom. The Balaban J connectivity index is 3.05. The van der Waals surface area contributed by atoms with Gasteiger partial charge in [0.05, 0.1) is 6.54 Å². The van der Waals surface area contributed by atoms with Gasteiger partial charge in [0.2, 0.25) is 5.54 Å². The highest BCUT2D eigenvalue weighted by Gasteiger charge is 2.58. The average Bonchev–Trinajstić information content (AvgIpc) is 2.74. The van der Waals surface area contributed by atoms with E-state index >= 15 is 0 Å². The van der Waals surface area contributed by atoms with Crippen LogP contribution in [0.2, 0.25) is 0 Å². The van der Waals surface area contributed by atoms with Crippen LogP contribution < -0.4 is 5.32 Å². The number of hydrogen-bond acceptors (Lipinski definition) is 2. The number of carboxylic acids is 1. The van der Waals surface area contributed by atoms with E-state index < -0.39 is 42.3 Å². The van der Waals surface area contributed by atoms with Gasteiger partial charge in [-0.05, 0) is 19.1 Å². The fourth-order valence-electron chi connectivity index (χ4n) is 1.46. The van der Waals surface area contributed by atoms with Crippen LogP contribution in [0.5, 0.6) is 0 Å². The summed E-state index contributed by atoms with van der Waals surface area (Å²) in [4.78, 5) is 22.5. The largest absolute Gasteiger partial charge is 0.479 e. The van der Waals surface area contributed by atoms with E-state index in [1.807, 2.05) is 0 Å². The monoisotopic (exact) mass is 314 g/mol. The molecule has 0 aliphatic heterocycles. The maximum Gasteiger partial charge on any atom is 0.422 e. The van der Waals surface area contributed by atoms with Gasteiger partial charge in [0, 0.05) is 6.20 Å². The SMILES string of the molecule is CC(NC(=O)c1cccn1CC(F)F)(C(=O)O)C(F)(F)F. The molecule has 0 spiro atoms. The zero-order chi connectivity index (χ0) is 16.4. The Kier molecular flexibility index (Phi) is 4.59. The summed E-state index contributed by atoms with van der Waals surface area (Å²) >= 11 is 0. The third kappa shape index (κ3) is 3.50. The van der Waals surface area contributed by atoms with E-state index in [1.54, 1.807) is 0 Å². The number of hydrogen-bond donors (Lipinski definition) is 2. The lowest BCUT2D eigenvalue weighted by atomic mass is 10.0. The Hall–Kier alpha value is -2.13. The zero-order valence-electron chi connectivity index (χ0n) is 10.6. The van der Waals surface area contributed by atoms with Gasteiger partial charge in [0.25, 0.3) is 12.3 Å². The van der Waals surface area contributed by atoms with Crippen LogP contribution in [0.25, 0.3) is 0 Å². The van der Waals surface area contributed by atoms with Gasteiger partial charge in [0.1, 0.15) is 5.69 Å². The first kappa shape index (κ1) is 16.9. The summed E-state index contributed by atoms with van der Waals surface area (Å²) in [5, 5.41) is 9.99. The van der Waals surface area contributed by atoms with Gasteiger partial charge in [-0.25, -0.2) is 13.6 Å². The second kappa shape index (κ2) is 5.70. The first-order chi connectivity index (χ1) is 9.49. The van der Waals surface area contributed by atoms with E-state index in [1.165, 1.54) is 11.4 Å². The molecular weight excluding hydrogens is 303 g/mol. The van der Waals surface area contributed by atoms with E-state index in [0.717, 1.165) is 16.8 Å². The van der Waals surface area contributed by atoms with Crippen LogP contribution >= 0.6 is 0 Å². The summed E-state index contributed by atoms with van der Waals surface area (Å²) in [7, 11) is 0. The van der Waals surface area contributed by atoms with E-state index in [-0.39, 0.29) is 6.92 Å². The molecule has 0 aliphatic carbocycles. The molecule has 0 aliphatic rings. The predicted octanol–water partition coefficient (Wildman–Crippen LogP) is 1.89. The number of nitrogens with one attached hydrogen (secondary N) is 1. The summed E-state index contributed by atoms with van der Waals surface area (Å²) in [6.45, 7) is -0.626. The van der Waals surface area contributed by atoms with Crippen molar-refractivity contribution in [2.75, 3.05) is 0 Å². The zero-order valence-corrected chi connectivity index (χ0v) is 10.6. The number of carbonyl (C=O) groups excluding carboxylic acids is 1. The minimum Gasteiger partial charge on any atom is -0.479 e. The molecule has 0 aromatic carbocycles. The molecule has 118 valence electrons. The number of alkyl halides is 5. The molecule has 0 bridgehead atoms. The number of rotatable bonds is 5. The van der Waals surface area contributed by atoms with Crippen molar-refractivity contribution < 1.29 is 36.6 Å². The average molecular weight is 314 g/mol. The van der Waals surface area contributed by atoms with Gasteiger partial charge >= 0.3 is 12.1 Å². The first-order valence-electron chi connectivity index (χ1n) is 5.55. The third-order valence-electron chi connectivity index (χ3n) is 2.76. The van der Waals surface area contributed by atoms with Gasteiger partial charge in [-0.1, -0.05) is 0 Å². The Morgan fingerprint density at radius 3 is 2.38 bits per heavy atom. The van der Waals surface area contributed by atoms with Crippen LogP contribution in [0.15, 0.2) is 18.3 Å². The molecule has 5 nitrogen and oxygen atoms in total. The van der Waals surface area contributed by atoms with Crippen molar-refractivity contribution in [2.24, 2.45) is 0 Å². The number of carbonyl (C=O) groups is 2. The second-order valence-electron chi connectivity index (χ2n) is 4.32. The van der Waals surface area contributed by atoms with E-state index in [2.05, 4.69) is 0 Å². The predicted molar refractivity (Wildman–Crippen MR) is 60.0 cm³/mol. The Morgan fingerprint density at radius 2 is 1.95 bits per heavy atom. The van der Waals surface area contributed by atoms with Crippen LogP contribution in [0.3, 0.4) is 0 Å². The molecule has 0 saturated heterocycles. The van der Waals surface area contributed by atoms with Crippen molar-refractivity contribution in [2.45, 2.75) is 31.6 Å². The molecule has 0 saturated carbocycles. The molecule has 1 aromatic heterocycles. The van der Waals surface area contributed by atoms with Crippen molar-refractivity contribution in [3.8, 4) is 0 Å². The highest BCUT2D eigenvalue weighted by Crippen LogP contribution is 2.30. The van der Waals surface area contributed by atoms with Crippen LogP contribution in [-0.2, 0) is 11.3 Å². The molecule has 1 amide bonds. The number of amides is 1. The number of aliphatic carboxylic acids is 1. The highest BCUT2D eigenvalue weighted by atomic mass is 19.4. The van der Waals surface area contributed by atoms with Crippen molar-refractivity contribution in [3.05, 3.63) is 24.0 Å². The van der Waals surface area contributed by atoms with Crippen LogP contribution in [0.1, 0.15) is 17.4 Å². The highest BCUT2D eigenvalue weighted by molar-refractivity contribution is 5.97. The molecule has 1 aromatic rings. The minimum absolute atomic E-state index is 0.271. The molecule has 1 rings (SSSR count). The fraction of sp³-hybridized carbons (Fsp3) is 0.455. The number of nitrogens with zero attached hydrogens (tertiary/aromatic N) is 1. The van der Waals surface area contributed by atoms with Crippen LogP contribution in [0, 0.1) is 0 Å². The van der Waals surface area contributed by atoms with Crippen molar-refractivity contribution in [1.82, 2.24) is 9.88 Å². The van der Waals surface area contributed by atoms with E-state index in [0.29, 0.717) is 0 Å². The lowest BCUT2D eigenvalue weighted by molar-refractivity contribution is -0.203. The molecule has 2 N–H and O–H groups in total. The molecule has 1 atom stereocenters. The second-order valence-corrected chi connectivity index (χ2v) is 4.32. The van der Waals surface area contributed by atoms with Gasteiger partial charge < -0.3 is 15.0 Å². The quantitative estimate of drug-likeness (QED) is 0.815. The molecule has 1 unspecified atom stereocenters. The van der Waals surface area contributed by atoms with E-state index in [4.69, 9.17) is 5.11 Å². The summed E-state index contributed by atoms with van der Waals surface area (Å²) in [5.41, 5.74) is -4.02. The minimum atomic E-state index is -5.26. The molecule has 21 heavy (non-hydrogen) atoms. The van der Waals surface area contributed by atoms with Gasteiger partial charge in [-0.15, -0.1) is 0 Å². The van der Waals surface area contributed by atoms with Crippen LogP contribution in [-0.4, -0.2) is 39.7 Å². The number of carboxylic acid groups (broad SMARTS) is 1. The third-order valence-corrected chi connectivity index (χ3v) is 2.76. The summed E-state index contributed by atoms with van der Waals surface area (Å²) in [5.74, 6) is -3.72. The first-order valence-corrected chi connectivity index (χ1v) is 5.55. The number of aromatic nitrogens is 1. The normalized spacial score (nSPS) is 14.8. The molecule has 0 radical (unpaired) electrons. The maximum atomic E-state index is 12.7. The van der Waals surface area contributed by atoms with Crippen LogP contribution in [0.4, 0.5) is 22.0 Å². The number of halogens is 5. The fourth-order valence-corrected chi connectivity index (χ4v) is 1.46. The Bertz CT molecular complexity index is 540. The summed E-state index contributed by atoms with van der Waals surface area (Å²) in [6.07, 6.45) is -7.00. The molecular formula is C11H11F5N2O3. The van der Waals surface area contributed by atoms with Gasteiger partial charge in [-0.3, -0.25) is 4.79 Å². The van der Waals surface area contributed by atoms with Gasteiger partial charge in [-0.2, -0.15) is 13.2 Å². The van der Waals surface area contributed by atoms with Crippen molar-refractivity contribution >= 4 is 11.9 Å². The summed E-state index contributed by atoms with van der Waals surface area (Å²) in [6, 6.07) is 2.19. The van der Waals surface area contributed by atoms with E-state index in [9.17, 15) is 31.5 Å². The molecule has 1 heterocycles. The molecule has 0 fully saturated rings. The summed E-state index contributed by atoms with van der Waals surface area (Å²) < 4.78 is 63.5. The van der Waals surface area contributed by atoms with Crippen molar-refractivity contribution in [1.29, 1.82) is 0 Å².